The van der Waals surface area contributed by atoms with E-state index in [1.165, 1.54) is 12.8 Å². The Kier molecular flexibility index (Phi) is 4.78. The zero-order valence-electron chi connectivity index (χ0n) is 10.2. The van der Waals surface area contributed by atoms with E-state index in [0.29, 0.717) is 11.6 Å². The average molecular weight is 217 g/mol. The molecule has 0 saturated carbocycles. The Morgan fingerprint density at radius 3 is 2.62 bits per heavy atom. The smallest absolute Gasteiger partial charge is 0.145 e. The van der Waals surface area contributed by atoms with Crippen molar-refractivity contribution in [1.82, 2.24) is 4.98 Å². The van der Waals surface area contributed by atoms with E-state index in [2.05, 4.69) is 30.2 Å². The third-order valence-corrected chi connectivity index (χ3v) is 2.93. The molecule has 0 aliphatic carbocycles. The van der Waals surface area contributed by atoms with Crippen LogP contribution in [0.25, 0.3) is 0 Å². The molecule has 0 aliphatic rings. The number of nitrogens with one attached hydrogen (secondary N) is 1. The fourth-order valence-corrected chi connectivity index (χ4v) is 1.57. The van der Waals surface area contributed by atoms with Crippen molar-refractivity contribution in [2.24, 2.45) is 5.92 Å². The lowest BCUT2D eigenvalue weighted by atomic mass is 10.0. The summed E-state index contributed by atoms with van der Waals surface area (Å²) in [5.41, 5.74) is 1.44. The Labute approximate surface area is 97.5 Å². The maximum atomic E-state index is 8.87. The van der Waals surface area contributed by atoms with Crippen LogP contribution in [-0.2, 0) is 0 Å². The first kappa shape index (κ1) is 12.5. The molecule has 0 spiro atoms. The highest BCUT2D eigenvalue weighted by atomic mass is 15.0. The minimum atomic E-state index is 0.509. The quantitative estimate of drug-likeness (QED) is 0.824. The van der Waals surface area contributed by atoms with Crippen molar-refractivity contribution in [1.29, 1.82) is 5.26 Å². The molecule has 3 heteroatoms. The summed E-state index contributed by atoms with van der Waals surface area (Å²) in [6, 6.07) is 5.96. The van der Waals surface area contributed by atoms with Crippen molar-refractivity contribution in [3.63, 3.8) is 0 Å². The summed E-state index contributed by atoms with van der Waals surface area (Å²) in [4.78, 5) is 4.26. The van der Waals surface area contributed by atoms with Gasteiger partial charge in [-0.3, -0.25) is 0 Å². The number of hydrogen-bond donors (Lipinski definition) is 1. The van der Waals surface area contributed by atoms with Gasteiger partial charge in [0, 0.05) is 6.54 Å². The van der Waals surface area contributed by atoms with Gasteiger partial charge >= 0.3 is 0 Å². The number of nitriles is 1. The summed E-state index contributed by atoms with van der Waals surface area (Å²) < 4.78 is 0. The number of aryl methyl sites for hydroxylation is 1. The molecule has 0 aromatic carbocycles. The monoisotopic (exact) mass is 217 g/mol. The summed E-state index contributed by atoms with van der Waals surface area (Å²) in [5, 5.41) is 12.2. The number of anilines is 1. The van der Waals surface area contributed by atoms with Gasteiger partial charge in [0.25, 0.3) is 0 Å². The molecule has 1 heterocycles. The van der Waals surface area contributed by atoms with Gasteiger partial charge in [-0.15, -0.1) is 0 Å². The Morgan fingerprint density at radius 2 is 2.06 bits per heavy atom. The lowest BCUT2D eigenvalue weighted by molar-refractivity contribution is 0.518. The summed E-state index contributed by atoms with van der Waals surface area (Å²) in [6.07, 6.45) is 2.33. The van der Waals surface area contributed by atoms with Crippen LogP contribution in [0.2, 0.25) is 0 Å². The van der Waals surface area contributed by atoms with E-state index in [0.717, 1.165) is 17.9 Å². The first-order chi connectivity index (χ1) is 7.71. The van der Waals surface area contributed by atoms with Crippen molar-refractivity contribution in [2.75, 3.05) is 11.9 Å². The Morgan fingerprint density at radius 1 is 1.38 bits per heavy atom. The lowest BCUT2D eigenvalue weighted by Gasteiger charge is -2.13. The standard InChI is InChI=1S/C13H19N3/c1-4-11(5-2)9-15-13-7-6-10(3)12(8-14)16-13/h6-7,11H,4-5,9H2,1-3H3,(H,15,16). The number of hydrogen-bond acceptors (Lipinski definition) is 3. The van der Waals surface area contributed by atoms with Crippen LogP contribution in [-0.4, -0.2) is 11.5 Å². The highest BCUT2D eigenvalue weighted by Crippen LogP contribution is 2.12. The molecule has 1 aromatic rings. The van der Waals surface area contributed by atoms with E-state index < -0.39 is 0 Å². The second-order valence-corrected chi connectivity index (χ2v) is 4.04. The van der Waals surface area contributed by atoms with Crippen LogP contribution in [0.1, 0.15) is 37.9 Å². The van der Waals surface area contributed by atoms with Crippen LogP contribution in [0, 0.1) is 24.2 Å². The van der Waals surface area contributed by atoms with Gasteiger partial charge in [0.05, 0.1) is 0 Å². The highest BCUT2D eigenvalue weighted by Gasteiger charge is 2.05. The second-order valence-electron chi connectivity index (χ2n) is 4.04. The predicted molar refractivity (Wildman–Crippen MR) is 66.3 cm³/mol. The molecule has 86 valence electrons. The van der Waals surface area contributed by atoms with Crippen LogP contribution in [0.4, 0.5) is 5.82 Å². The van der Waals surface area contributed by atoms with Crippen LogP contribution in [0.3, 0.4) is 0 Å². The van der Waals surface area contributed by atoms with Gasteiger partial charge < -0.3 is 5.32 Å². The van der Waals surface area contributed by atoms with Gasteiger partial charge in [-0.05, 0) is 24.5 Å². The lowest BCUT2D eigenvalue weighted by Crippen LogP contribution is -2.13. The summed E-state index contributed by atoms with van der Waals surface area (Å²) >= 11 is 0. The summed E-state index contributed by atoms with van der Waals surface area (Å²) in [6.45, 7) is 7.21. The average Bonchev–Trinajstić information content (AvgIpc) is 2.32. The zero-order valence-corrected chi connectivity index (χ0v) is 10.2. The van der Waals surface area contributed by atoms with Gasteiger partial charge in [-0.2, -0.15) is 5.26 Å². The predicted octanol–water partition coefficient (Wildman–Crippen LogP) is 3.11. The SMILES string of the molecule is CCC(CC)CNc1ccc(C)c(C#N)n1. The second kappa shape index (κ2) is 6.12. The Hall–Kier alpha value is -1.56. The molecule has 0 fully saturated rings. The van der Waals surface area contributed by atoms with Crippen LogP contribution in [0.5, 0.6) is 0 Å². The molecule has 0 atom stereocenters. The normalized spacial score (nSPS) is 10.2. The van der Waals surface area contributed by atoms with E-state index >= 15 is 0 Å². The topological polar surface area (TPSA) is 48.7 Å². The maximum absolute atomic E-state index is 8.87. The molecule has 1 N–H and O–H groups in total. The fourth-order valence-electron chi connectivity index (χ4n) is 1.57. The molecule has 0 bridgehead atoms. The minimum absolute atomic E-state index is 0.509. The van der Waals surface area contributed by atoms with Gasteiger partial charge in [0.1, 0.15) is 17.6 Å². The highest BCUT2D eigenvalue weighted by molar-refractivity contribution is 5.42. The molecule has 1 rings (SSSR count). The number of rotatable bonds is 5. The Bertz CT molecular complexity index is 375. The first-order valence-corrected chi connectivity index (χ1v) is 5.82. The molecule has 1 aromatic heterocycles. The minimum Gasteiger partial charge on any atom is -0.370 e. The number of nitrogens with zero attached hydrogens (tertiary/aromatic N) is 2. The zero-order chi connectivity index (χ0) is 12.0. The molecule has 0 amide bonds. The molecular formula is C13H19N3. The maximum Gasteiger partial charge on any atom is 0.145 e. The van der Waals surface area contributed by atoms with Crippen molar-refractivity contribution in [2.45, 2.75) is 33.6 Å². The van der Waals surface area contributed by atoms with Crippen molar-refractivity contribution in [3.8, 4) is 6.07 Å². The molecule has 0 unspecified atom stereocenters. The summed E-state index contributed by atoms with van der Waals surface area (Å²) in [5.74, 6) is 1.47. The summed E-state index contributed by atoms with van der Waals surface area (Å²) in [7, 11) is 0. The van der Waals surface area contributed by atoms with E-state index in [4.69, 9.17) is 5.26 Å². The van der Waals surface area contributed by atoms with E-state index in [-0.39, 0.29) is 0 Å². The van der Waals surface area contributed by atoms with E-state index in [1.807, 2.05) is 19.1 Å². The molecule has 3 nitrogen and oxygen atoms in total. The third-order valence-electron chi connectivity index (χ3n) is 2.93. The number of aromatic nitrogens is 1. The molecule has 0 aliphatic heterocycles. The molecular weight excluding hydrogens is 198 g/mol. The molecule has 16 heavy (non-hydrogen) atoms. The van der Waals surface area contributed by atoms with Crippen LogP contribution >= 0.6 is 0 Å². The van der Waals surface area contributed by atoms with Gasteiger partial charge in [0.15, 0.2) is 0 Å². The van der Waals surface area contributed by atoms with Crippen molar-refractivity contribution in [3.05, 3.63) is 23.4 Å². The van der Waals surface area contributed by atoms with E-state index in [9.17, 15) is 0 Å². The molecule has 0 saturated heterocycles. The van der Waals surface area contributed by atoms with Gasteiger partial charge in [-0.1, -0.05) is 32.8 Å². The number of pyridine rings is 1. The largest absolute Gasteiger partial charge is 0.370 e. The third kappa shape index (κ3) is 3.23. The Balaban J connectivity index is 2.65. The van der Waals surface area contributed by atoms with E-state index in [1.54, 1.807) is 0 Å². The van der Waals surface area contributed by atoms with Gasteiger partial charge in [0.2, 0.25) is 0 Å². The van der Waals surface area contributed by atoms with Crippen molar-refractivity contribution >= 4 is 5.82 Å². The fraction of sp³-hybridized carbons (Fsp3) is 0.538. The van der Waals surface area contributed by atoms with Crippen LogP contribution < -0.4 is 5.32 Å². The first-order valence-electron chi connectivity index (χ1n) is 5.82. The van der Waals surface area contributed by atoms with Crippen LogP contribution in [0.15, 0.2) is 12.1 Å². The van der Waals surface area contributed by atoms with Crippen molar-refractivity contribution < 1.29 is 0 Å². The molecule has 0 radical (unpaired) electrons. The van der Waals surface area contributed by atoms with Gasteiger partial charge in [-0.25, -0.2) is 4.98 Å².